The van der Waals surface area contributed by atoms with Crippen molar-refractivity contribution in [3.8, 4) is 0 Å². The molecular weight excluding hydrogens is 188 g/mol. The fraction of sp³-hybridized carbons (Fsp3) is 0.222. The predicted molar refractivity (Wildman–Crippen MR) is 48.7 cm³/mol. The Morgan fingerprint density at radius 3 is 2.86 bits per heavy atom. The Hall–Kier alpha value is -1.49. The number of rotatable bonds is 2. The van der Waals surface area contributed by atoms with Gasteiger partial charge in [-0.2, -0.15) is 5.10 Å². The van der Waals surface area contributed by atoms with Crippen molar-refractivity contribution >= 4 is 10.9 Å². The monoisotopic (exact) mass is 197 g/mol. The summed E-state index contributed by atoms with van der Waals surface area (Å²) in [6.07, 6.45) is 1.49. The van der Waals surface area contributed by atoms with Crippen LogP contribution in [0.15, 0.2) is 18.3 Å². The Kier molecular flexibility index (Phi) is 2.17. The van der Waals surface area contributed by atoms with Gasteiger partial charge in [0.1, 0.15) is 5.52 Å². The molecule has 2 N–H and O–H groups in total. The average molecular weight is 197 g/mol. The maximum Gasteiger partial charge on any atom is 0.184 e. The van der Waals surface area contributed by atoms with Crippen LogP contribution in [0.25, 0.3) is 10.9 Å². The zero-order valence-electron chi connectivity index (χ0n) is 7.37. The number of aromatic nitrogens is 2. The highest BCUT2D eigenvalue weighted by Gasteiger charge is 2.11. The van der Waals surface area contributed by atoms with Crippen LogP contribution in [0.5, 0.6) is 0 Å². The van der Waals surface area contributed by atoms with E-state index in [1.165, 1.54) is 16.9 Å². The molecule has 14 heavy (non-hydrogen) atoms. The Balaban J connectivity index is 2.69. The lowest BCUT2D eigenvalue weighted by Crippen LogP contribution is -2.11. The molecule has 0 unspecified atom stereocenters. The van der Waals surface area contributed by atoms with E-state index in [1.807, 2.05) is 0 Å². The first-order valence-electron chi connectivity index (χ1n) is 4.23. The summed E-state index contributed by atoms with van der Waals surface area (Å²) in [5.41, 5.74) is 5.50. The summed E-state index contributed by atoms with van der Waals surface area (Å²) in [5.74, 6) is -1.73. The fourth-order valence-electron chi connectivity index (χ4n) is 1.40. The van der Waals surface area contributed by atoms with Crippen LogP contribution < -0.4 is 5.73 Å². The van der Waals surface area contributed by atoms with Crippen molar-refractivity contribution in [2.75, 3.05) is 6.54 Å². The third-order valence-corrected chi connectivity index (χ3v) is 2.04. The van der Waals surface area contributed by atoms with Crippen molar-refractivity contribution in [2.45, 2.75) is 6.54 Å². The van der Waals surface area contributed by atoms with Crippen molar-refractivity contribution < 1.29 is 8.78 Å². The molecule has 0 radical (unpaired) electrons. The number of nitrogens with zero attached hydrogens (tertiary/aromatic N) is 2. The highest BCUT2D eigenvalue weighted by atomic mass is 19.2. The van der Waals surface area contributed by atoms with Crippen LogP contribution in [0.1, 0.15) is 0 Å². The number of nitrogens with two attached hydrogens (primary N) is 1. The first-order chi connectivity index (χ1) is 6.74. The van der Waals surface area contributed by atoms with E-state index in [0.29, 0.717) is 18.5 Å². The summed E-state index contributed by atoms with van der Waals surface area (Å²) in [4.78, 5) is 0. The van der Waals surface area contributed by atoms with Gasteiger partial charge in [0.25, 0.3) is 0 Å². The van der Waals surface area contributed by atoms with Crippen molar-refractivity contribution in [1.82, 2.24) is 9.78 Å². The van der Waals surface area contributed by atoms with E-state index in [2.05, 4.69) is 5.10 Å². The Morgan fingerprint density at radius 1 is 1.36 bits per heavy atom. The number of hydrogen-bond donors (Lipinski definition) is 1. The lowest BCUT2D eigenvalue weighted by Gasteiger charge is -2.01. The fourth-order valence-corrected chi connectivity index (χ4v) is 1.40. The molecule has 0 atom stereocenters. The lowest BCUT2D eigenvalue weighted by molar-refractivity contribution is 0.507. The largest absolute Gasteiger partial charge is 0.329 e. The molecule has 1 aromatic heterocycles. The minimum absolute atomic E-state index is 0.176. The molecule has 5 heteroatoms. The van der Waals surface area contributed by atoms with E-state index in [4.69, 9.17) is 5.73 Å². The van der Waals surface area contributed by atoms with E-state index in [9.17, 15) is 8.78 Å². The van der Waals surface area contributed by atoms with Gasteiger partial charge in [0, 0.05) is 11.9 Å². The van der Waals surface area contributed by atoms with E-state index in [1.54, 1.807) is 0 Å². The van der Waals surface area contributed by atoms with Gasteiger partial charge in [-0.3, -0.25) is 4.68 Å². The van der Waals surface area contributed by atoms with E-state index in [0.717, 1.165) is 6.07 Å². The van der Waals surface area contributed by atoms with Crippen LogP contribution in [0.3, 0.4) is 0 Å². The molecule has 0 fully saturated rings. The third kappa shape index (κ3) is 1.26. The summed E-state index contributed by atoms with van der Waals surface area (Å²) in [5, 5.41) is 4.50. The molecule has 74 valence electrons. The normalized spacial score (nSPS) is 11.1. The topological polar surface area (TPSA) is 43.8 Å². The second-order valence-electron chi connectivity index (χ2n) is 2.96. The maximum absolute atomic E-state index is 13.3. The maximum atomic E-state index is 13.3. The van der Waals surface area contributed by atoms with Gasteiger partial charge in [0.05, 0.1) is 12.7 Å². The van der Waals surface area contributed by atoms with Gasteiger partial charge >= 0.3 is 0 Å². The standard InChI is InChI=1S/C9H9F2N3/c10-7-2-1-6-5-13-14(4-3-12)9(6)8(7)11/h1-2,5H,3-4,12H2. The van der Waals surface area contributed by atoms with Gasteiger partial charge in [-0.05, 0) is 12.1 Å². The molecule has 0 aliphatic rings. The zero-order valence-corrected chi connectivity index (χ0v) is 7.37. The molecule has 0 saturated carbocycles. The number of fused-ring (bicyclic) bond motifs is 1. The Bertz CT molecular complexity index is 464. The van der Waals surface area contributed by atoms with Crippen LogP contribution in [0.2, 0.25) is 0 Å². The number of halogens is 2. The summed E-state index contributed by atoms with van der Waals surface area (Å²) >= 11 is 0. The lowest BCUT2D eigenvalue weighted by atomic mass is 10.2. The smallest absolute Gasteiger partial charge is 0.184 e. The van der Waals surface area contributed by atoms with Crippen molar-refractivity contribution in [2.24, 2.45) is 5.73 Å². The summed E-state index contributed by atoms with van der Waals surface area (Å²) in [6, 6.07) is 2.58. The summed E-state index contributed by atoms with van der Waals surface area (Å²) < 4.78 is 27.6. The molecule has 1 aromatic carbocycles. The van der Waals surface area contributed by atoms with E-state index >= 15 is 0 Å². The van der Waals surface area contributed by atoms with Gasteiger partial charge in [-0.25, -0.2) is 8.78 Å². The second kappa shape index (κ2) is 3.34. The summed E-state index contributed by atoms with van der Waals surface area (Å²) in [7, 11) is 0. The molecular formula is C9H9F2N3. The number of hydrogen-bond acceptors (Lipinski definition) is 2. The van der Waals surface area contributed by atoms with Crippen LogP contribution in [-0.2, 0) is 6.54 Å². The van der Waals surface area contributed by atoms with Crippen LogP contribution in [0.4, 0.5) is 8.78 Å². The number of benzene rings is 1. The average Bonchev–Trinajstić information content (AvgIpc) is 2.57. The molecule has 2 rings (SSSR count). The molecule has 0 saturated heterocycles. The van der Waals surface area contributed by atoms with Gasteiger partial charge in [0.15, 0.2) is 11.6 Å². The zero-order chi connectivity index (χ0) is 10.1. The SMILES string of the molecule is NCCn1ncc2ccc(F)c(F)c21. The van der Waals surface area contributed by atoms with E-state index < -0.39 is 11.6 Å². The molecule has 3 nitrogen and oxygen atoms in total. The molecule has 0 aliphatic carbocycles. The predicted octanol–water partition coefficient (Wildman–Crippen LogP) is 1.27. The summed E-state index contributed by atoms with van der Waals surface area (Å²) in [6.45, 7) is 0.719. The molecule has 0 bridgehead atoms. The molecule has 0 aliphatic heterocycles. The first-order valence-corrected chi connectivity index (χ1v) is 4.23. The molecule has 0 spiro atoms. The molecule has 2 aromatic rings. The Morgan fingerprint density at radius 2 is 2.14 bits per heavy atom. The van der Waals surface area contributed by atoms with Crippen LogP contribution in [0, 0.1) is 11.6 Å². The minimum Gasteiger partial charge on any atom is -0.329 e. The van der Waals surface area contributed by atoms with Crippen molar-refractivity contribution in [1.29, 1.82) is 0 Å². The highest BCUT2D eigenvalue weighted by molar-refractivity contribution is 5.79. The highest BCUT2D eigenvalue weighted by Crippen LogP contribution is 2.19. The second-order valence-corrected chi connectivity index (χ2v) is 2.96. The van der Waals surface area contributed by atoms with Gasteiger partial charge in [-0.1, -0.05) is 0 Å². The van der Waals surface area contributed by atoms with Crippen LogP contribution in [-0.4, -0.2) is 16.3 Å². The van der Waals surface area contributed by atoms with Crippen LogP contribution >= 0.6 is 0 Å². The van der Waals surface area contributed by atoms with E-state index in [-0.39, 0.29) is 5.52 Å². The molecule has 0 amide bonds. The molecule has 1 heterocycles. The third-order valence-electron chi connectivity index (χ3n) is 2.04. The van der Waals surface area contributed by atoms with Gasteiger partial charge in [-0.15, -0.1) is 0 Å². The van der Waals surface area contributed by atoms with Gasteiger partial charge < -0.3 is 5.73 Å². The Labute approximate surface area is 79.1 Å². The van der Waals surface area contributed by atoms with Crippen molar-refractivity contribution in [3.63, 3.8) is 0 Å². The van der Waals surface area contributed by atoms with Crippen molar-refractivity contribution in [3.05, 3.63) is 30.0 Å². The minimum atomic E-state index is -0.867. The first kappa shape index (κ1) is 9.08. The quantitative estimate of drug-likeness (QED) is 0.787. The van der Waals surface area contributed by atoms with Gasteiger partial charge in [0.2, 0.25) is 0 Å².